The van der Waals surface area contributed by atoms with E-state index in [9.17, 15) is 22.0 Å². The van der Waals surface area contributed by atoms with Gasteiger partial charge in [-0.05, 0) is 12.1 Å². The highest BCUT2D eigenvalue weighted by atomic mass is 32.2. The molecule has 1 aliphatic rings. The number of piperazine rings is 1. The molecule has 21 heavy (non-hydrogen) atoms. The minimum absolute atomic E-state index is 0.130. The van der Waals surface area contributed by atoms with Crippen molar-refractivity contribution in [1.82, 2.24) is 9.21 Å². The van der Waals surface area contributed by atoms with Crippen LogP contribution in [0.1, 0.15) is 10.4 Å². The molecule has 1 saturated heterocycles. The van der Waals surface area contributed by atoms with E-state index in [1.165, 1.54) is 10.4 Å². The van der Waals surface area contributed by atoms with E-state index >= 15 is 0 Å². The molecule has 0 unspecified atom stereocenters. The molecule has 0 aliphatic carbocycles. The number of carbonyl (C=O) groups is 1. The van der Waals surface area contributed by atoms with Crippen LogP contribution in [0.2, 0.25) is 0 Å². The number of rotatable bonds is 4. The largest absolute Gasteiger partial charge is 0.293 e. The average Bonchev–Trinajstić information content (AvgIpc) is 2.38. The summed E-state index contributed by atoms with van der Waals surface area (Å²) in [6, 6.07) is 3.28. The zero-order valence-corrected chi connectivity index (χ0v) is 12.4. The summed E-state index contributed by atoms with van der Waals surface area (Å²) in [5.74, 6) is -2.40. The molecule has 0 aromatic heterocycles. The van der Waals surface area contributed by atoms with Crippen LogP contribution >= 0.6 is 0 Å². The van der Waals surface area contributed by atoms with Gasteiger partial charge in [-0.15, -0.1) is 0 Å². The summed E-state index contributed by atoms with van der Waals surface area (Å²) in [5.41, 5.74) is -0.539. The van der Waals surface area contributed by atoms with Crippen LogP contribution < -0.4 is 0 Å². The first-order chi connectivity index (χ1) is 9.79. The first kappa shape index (κ1) is 16.0. The van der Waals surface area contributed by atoms with Crippen molar-refractivity contribution in [2.75, 3.05) is 39.0 Å². The van der Waals surface area contributed by atoms with Gasteiger partial charge in [-0.25, -0.2) is 17.2 Å². The van der Waals surface area contributed by atoms with Crippen LogP contribution in [0.25, 0.3) is 0 Å². The van der Waals surface area contributed by atoms with Crippen LogP contribution in [0.5, 0.6) is 0 Å². The summed E-state index contributed by atoms with van der Waals surface area (Å²) in [5, 5.41) is 0. The van der Waals surface area contributed by atoms with Crippen LogP contribution in [0, 0.1) is 11.6 Å². The molecule has 0 bridgehead atoms. The van der Waals surface area contributed by atoms with Gasteiger partial charge < -0.3 is 0 Å². The second-order valence-corrected chi connectivity index (χ2v) is 6.94. The Morgan fingerprint density at radius 3 is 2.14 bits per heavy atom. The molecule has 0 amide bonds. The minimum Gasteiger partial charge on any atom is -0.293 e. The van der Waals surface area contributed by atoms with Gasteiger partial charge in [0.2, 0.25) is 10.0 Å². The summed E-state index contributed by atoms with van der Waals surface area (Å²) in [7, 11) is -3.24. The lowest BCUT2D eigenvalue weighted by Crippen LogP contribution is -2.49. The monoisotopic (exact) mass is 318 g/mol. The standard InChI is InChI=1S/C13H16F2N2O3S/c1-21(19,20)17-7-5-16(6-8-17)9-12(18)13-10(14)3-2-4-11(13)15/h2-4H,5-9H2,1H3. The Kier molecular flexibility index (Phi) is 4.70. The fourth-order valence-electron chi connectivity index (χ4n) is 2.27. The van der Waals surface area contributed by atoms with Gasteiger partial charge >= 0.3 is 0 Å². The van der Waals surface area contributed by atoms with Gasteiger partial charge in [-0.2, -0.15) is 4.31 Å². The van der Waals surface area contributed by atoms with E-state index in [1.807, 2.05) is 0 Å². The molecule has 1 fully saturated rings. The van der Waals surface area contributed by atoms with Gasteiger partial charge in [0.05, 0.1) is 18.4 Å². The Morgan fingerprint density at radius 2 is 1.67 bits per heavy atom. The quantitative estimate of drug-likeness (QED) is 0.768. The molecule has 116 valence electrons. The molecule has 0 saturated carbocycles. The SMILES string of the molecule is CS(=O)(=O)N1CCN(CC(=O)c2c(F)cccc2F)CC1. The summed E-state index contributed by atoms with van der Waals surface area (Å²) in [6.07, 6.45) is 1.13. The van der Waals surface area contributed by atoms with Crippen LogP contribution in [0.3, 0.4) is 0 Å². The Hall–Kier alpha value is -1.38. The third kappa shape index (κ3) is 3.84. The number of benzene rings is 1. The minimum atomic E-state index is -3.24. The molecule has 0 atom stereocenters. The Balaban J connectivity index is 1.99. The maximum Gasteiger partial charge on any atom is 0.211 e. The molecule has 8 heteroatoms. The number of nitrogens with zero attached hydrogens (tertiary/aromatic N) is 2. The number of hydrogen-bond acceptors (Lipinski definition) is 4. The molecule has 0 N–H and O–H groups in total. The van der Waals surface area contributed by atoms with E-state index in [-0.39, 0.29) is 19.6 Å². The Morgan fingerprint density at radius 1 is 1.14 bits per heavy atom. The van der Waals surface area contributed by atoms with Crippen molar-refractivity contribution in [3.05, 3.63) is 35.4 Å². The highest BCUT2D eigenvalue weighted by molar-refractivity contribution is 7.88. The van der Waals surface area contributed by atoms with Gasteiger partial charge in [0, 0.05) is 26.2 Å². The fraction of sp³-hybridized carbons (Fsp3) is 0.462. The predicted molar refractivity (Wildman–Crippen MR) is 73.5 cm³/mol. The van der Waals surface area contributed by atoms with Crippen molar-refractivity contribution in [1.29, 1.82) is 0 Å². The lowest BCUT2D eigenvalue weighted by atomic mass is 10.1. The summed E-state index contributed by atoms with van der Waals surface area (Å²) < 4.78 is 51.1. The van der Waals surface area contributed by atoms with Gasteiger partial charge in [0.25, 0.3) is 0 Å². The second-order valence-electron chi connectivity index (χ2n) is 4.96. The van der Waals surface area contributed by atoms with Crippen LogP contribution in [0.4, 0.5) is 8.78 Å². The smallest absolute Gasteiger partial charge is 0.211 e. The molecular formula is C13H16F2N2O3S. The van der Waals surface area contributed by atoms with E-state index in [1.54, 1.807) is 4.90 Å². The van der Waals surface area contributed by atoms with Crippen molar-refractivity contribution >= 4 is 15.8 Å². The van der Waals surface area contributed by atoms with E-state index in [0.717, 1.165) is 18.4 Å². The van der Waals surface area contributed by atoms with E-state index < -0.39 is 33.0 Å². The van der Waals surface area contributed by atoms with Gasteiger partial charge in [-0.1, -0.05) is 6.07 Å². The molecule has 1 aromatic rings. The van der Waals surface area contributed by atoms with Crippen LogP contribution in [-0.4, -0.2) is 62.4 Å². The lowest BCUT2D eigenvalue weighted by molar-refractivity contribution is 0.0893. The van der Waals surface area contributed by atoms with E-state index in [0.29, 0.717) is 13.1 Å². The first-order valence-corrected chi connectivity index (χ1v) is 8.28. The highest BCUT2D eigenvalue weighted by Crippen LogP contribution is 2.14. The van der Waals surface area contributed by atoms with Gasteiger partial charge in [-0.3, -0.25) is 9.69 Å². The lowest BCUT2D eigenvalue weighted by Gasteiger charge is -2.32. The molecule has 1 heterocycles. The fourth-order valence-corrected chi connectivity index (χ4v) is 3.09. The van der Waals surface area contributed by atoms with Crippen molar-refractivity contribution in [2.45, 2.75) is 0 Å². The second kappa shape index (κ2) is 6.17. The van der Waals surface area contributed by atoms with Gasteiger partial charge in [0.15, 0.2) is 5.78 Å². The Labute approximate surface area is 122 Å². The number of hydrogen-bond donors (Lipinski definition) is 0. The maximum absolute atomic E-state index is 13.5. The van der Waals surface area contributed by atoms with Crippen molar-refractivity contribution in [3.63, 3.8) is 0 Å². The van der Waals surface area contributed by atoms with Crippen molar-refractivity contribution in [3.8, 4) is 0 Å². The Bertz CT molecular complexity index is 621. The zero-order valence-electron chi connectivity index (χ0n) is 11.6. The zero-order chi connectivity index (χ0) is 15.6. The molecule has 1 aromatic carbocycles. The summed E-state index contributed by atoms with van der Waals surface area (Å²) in [4.78, 5) is 13.7. The third-order valence-electron chi connectivity index (χ3n) is 3.41. The van der Waals surface area contributed by atoms with Crippen molar-refractivity contribution in [2.24, 2.45) is 0 Å². The molecule has 1 aliphatic heterocycles. The molecule has 5 nitrogen and oxygen atoms in total. The van der Waals surface area contributed by atoms with Crippen molar-refractivity contribution < 1.29 is 22.0 Å². The first-order valence-electron chi connectivity index (χ1n) is 6.43. The van der Waals surface area contributed by atoms with Crippen LogP contribution in [-0.2, 0) is 10.0 Å². The van der Waals surface area contributed by atoms with Gasteiger partial charge in [0.1, 0.15) is 11.6 Å². The summed E-state index contributed by atoms with van der Waals surface area (Å²) in [6.45, 7) is 1.12. The average molecular weight is 318 g/mol. The normalized spacial score (nSPS) is 17.9. The molecular weight excluding hydrogens is 302 g/mol. The topological polar surface area (TPSA) is 57.7 Å². The summed E-state index contributed by atoms with van der Waals surface area (Å²) >= 11 is 0. The number of sulfonamides is 1. The van der Waals surface area contributed by atoms with E-state index in [2.05, 4.69) is 0 Å². The third-order valence-corrected chi connectivity index (χ3v) is 4.71. The van der Waals surface area contributed by atoms with E-state index in [4.69, 9.17) is 0 Å². The number of ketones is 1. The predicted octanol–water partition coefficient (Wildman–Crippen LogP) is 0.725. The molecule has 0 spiro atoms. The molecule has 2 rings (SSSR count). The highest BCUT2D eigenvalue weighted by Gasteiger charge is 2.26. The number of halogens is 2. The molecule has 0 radical (unpaired) electrons. The maximum atomic E-state index is 13.5. The van der Waals surface area contributed by atoms with Crippen LogP contribution in [0.15, 0.2) is 18.2 Å². The number of Topliss-reactive ketones (excluding diaryl/α,β-unsaturated/α-hetero) is 1. The number of carbonyl (C=O) groups excluding carboxylic acids is 1.